The molecule has 0 amide bonds. The van der Waals surface area contributed by atoms with Gasteiger partial charge in [0, 0.05) is 17.5 Å². The Bertz CT molecular complexity index is 1230. The number of aromatic nitrogens is 2. The Kier molecular flexibility index (Phi) is 5.00. The van der Waals surface area contributed by atoms with Gasteiger partial charge in [0.15, 0.2) is 0 Å². The van der Waals surface area contributed by atoms with Crippen molar-refractivity contribution in [2.45, 2.75) is 18.5 Å². The van der Waals surface area contributed by atoms with Gasteiger partial charge in [0.05, 0.1) is 11.9 Å². The lowest BCUT2D eigenvalue weighted by Crippen LogP contribution is -2.44. The molecule has 0 saturated heterocycles. The normalized spacial score (nSPS) is 16.7. The second-order valence-electron chi connectivity index (χ2n) is 6.66. The molecular formula is C21H15ClF3N3O. The van der Waals surface area contributed by atoms with Crippen LogP contribution in [-0.2, 0) is 6.18 Å². The molecule has 0 bridgehead atoms. The fraction of sp³-hybridized carbons (Fsp3) is 0.190. The van der Waals surface area contributed by atoms with E-state index in [4.69, 9.17) is 11.6 Å². The van der Waals surface area contributed by atoms with E-state index >= 15 is 0 Å². The van der Waals surface area contributed by atoms with Crippen LogP contribution in [0.3, 0.4) is 0 Å². The Hall–Kier alpha value is -2.93. The van der Waals surface area contributed by atoms with Gasteiger partial charge in [-0.3, -0.25) is 9.79 Å². The quantitative estimate of drug-likeness (QED) is 0.694. The van der Waals surface area contributed by atoms with Gasteiger partial charge in [0.1, 0.15) is 10.7 Å². The van der Waals surface area contributed by atoms with Crippen LogP contribution in [0.15, 0.2) is 64.6 Å². The predicted octanol–water partition coefficient (Wildman–Crippen LogP) is 3.45. The van der Waals surface area contributed by atoms with E-state index in [2.05, 4.69) is 15.0 Å². The van der Waals surface area contributed by atoms with Crippen LogP contribution in [0.4, 0.5) is 13.2 Å². The molecule has 1 N–H and O–H groups in total. The molecule has 0 aliphatic carbocycles. The number of aromatic amines is 1. The van der Waals surface area contributed by atoms with Gasteiger partial charge < -0.3 is 4.98 Å². The summed E-state index contributed by atoms with van der Waals surface area (Å²) in [4.78, 5) is 23.5. The monoisotopic (exact) mass is 417 g/mol. The highest BCUT2D eigenvalue weighted by molar-refractivity contribution is 6.31. The molecule has 1 unspecified atom stereocenters. The molecule has 1 atom stereocenters. The first kappa shape index (κ1) is 19.4. The van der Waals surface area contributed by atoms with Crippen molar-refractivity contribution >= 4 is 17.2 Å². The molecule has 0 saturated carbocycles. The number of alkyl halides is 3. The van der Waals surface area contributed by atoms with Gasteiger partial charge in [0.25, 0.3) is 5.56 Å². The number of hydrogen-bond acceptors (Lipinski definition) is 3. The van der Waals surface area contributed by atoms with Gasteiger partial charge in [-0.1, -0.05) is 41.9 Å². The Balaban J connectivity index is 2.03. The van der Waals surface area contributed by atoms with Gasteiger partial charge in [0.2, 0.25) is 0 Å². The van der Waals surface area contributed by atoms with Crippen LogP contribution in [0.1, 0.15) is 29.0 Å². The van der Waals surface area contributed by atoms with E-state index in [0.717, 1.165) is 17.7 Å². The van der Waals surface area contributed by atoms with Crippen LogP contribution >= 0.6 is 11.6 Å². The molecule has 4 rings (SSSR count). The predicted molar refractivity (Wildman–Crippen MR) is 103 cm³/mol. The van der Waals surface area contributed by atoms with Crippen LogP contribution in [0.25, 0.3) is 5.57 Å². The summed E-state index contributed by atoms with van der Waals surface area (Å²) in [5.74, 6) is -0.278. The van der Waals surface area contributed by atoms with Crippen molar-refractivity contribution in [3.8, 4) is 0 Å². The van der Waals surface area contributed by atoms with E-state index in [-0.39, 0.29) is 16.8 Å². The first-order chi connectivity index (χ1) is 13.9. The fourth-order valence-electron chi connectivity index (χ4n) is 3.60. The second kappa shape index (κ2) is 7.48. The van der Waals surface area contributed by atoms with E-state index in [1.165, 1.54) is 18.5 Å². The van der Waals surface area contributed by atoms with E-state index in [1.54, 1.807) is 6.07 Å². The Morgan fingerprint density at radius 1 is 1.07 bits per heavy atom. The number of nitrogens with zero attached hydrogens (tertiary/aromatic N) is 2. The summed E-state index contributed by atoms with van der Waals surface area (Å²) < 4.78 is 39.0. The average molecular weight is 418 g/mol. The molecule has 0 radical (unpaired) electrons. The molecule has 2 heterocycles. The van der Waals surface area contributed by atoms with Crippen molar-refractivity contribution in [2.24, 2.45) is 4.99 Å². The zero-order valence-electron chi connectivity index (χ0n) is 15.0. The second-order valence-corrected chi connectivity index (χ2v) is 7.07. The largest absolute Gasteiger partial charge is 0.416 e. The van der Waals surface area contributed by atoms with Crippen molar-refractivity contribution in [3.05, 3.63) is 97.6 Å². The standard InChI is InChI=1S/C21H15ClF3N3O/c22-16-4-2-1-3-14(16)15-9-10-26-19-18(27-11-28-20(19)29)17(15)12-5-7-13(8-6-12)21(23,24)25/h1-8,11,15H,9-10H2,(H,27,28,29). The molecule has 1 aliphatic heterocycles. The molecule has 2 aromatic carbocycles. The molecule has 0 fully saturated rings. The summed E-state index contributed by atoms with van der Waals surface area (Å²) in [6, 6.07) is 12.1. The number of halogens is 4. The summed E-state index contributed by atoms with van der Waals surface area (Å²) in [5, 5.41) is 1.07. The van der Waals surface area contributed by atoms with Crippen LogP contribution in [-0.4, -0.2) is 16.5 Å². The zero-order chi connectivity index (χ0) is 20.6. The number of benzene rings is 2. The van der Waals surface area contributed by atoms with Crippen LogP contribution in [0, 0.1) is 0 Å². The summed E-state index contributed by atoms with van der Waals surface area (Å²) in [6.07, 6.45) is -2.62. The third kappa shape index (κ3) is 3.70. The van der Waals surface area contributed by atoms with Gasteiger partial charge in [-0.15, -0.1) is 0 Å². The highest BCUT2D eigenvalue weighted by atomic mass is 35.5. The third-order valence-corrected chi connectivity index (χ3v) is 5.27. The smallest absolute Gasteiger partial charge is 0.311 e. The molecule has 1 aliphatic rings. The maximum atomic E-state index is 13.0. The summed E-state index contributed by atoms with van der Waals surface area (Å²) in [6.45, 7) is 0.363. The number of hydrogen-bond donors (Lipinski definition) is 1. The summed E-state index contributed by atoms with van der Waals surface area (Å²) in [7, 11) is 0. The summed E-state index contributed by atoms with van der Waals surface area (Å²) >= 11 is 6.43. The fourth-order valence-corrected chi connectivity index (χ4v) is 3.86. The van der Waals surface area contributed by atoms with E-state index in [9.17, 15) is 18.0 Å². The third-order valence-electron chi connectivity index (χ3n) is 4.92. The number of H-pyrrole nitrogens is 1. The lowest BCUT2D eigenvalue weighted by Gasteiger charge is -2.21. The highest BCUT2D eigenvalue weighted by Gasteiger charge is 2.31. The van der Waals surface area contributed by atoms with Crippen LogP contribution in [0.2, 0.25) is 5.02 Å². The molecule has 3 aromatic rings. The van der Waals surface area contributed by atoms with Crippen molar-refractivity contribution in [3.63, 3.8) is 0 Å². The van der Waals surface area contributed by atoms with Crippen molar-refractivity contribution in [1.29, 1.82) is 0 Å². The molecule has 0 spiro atoms. The maximum absolute atomic E-state index is 13.0. The molecule has 29 heavy (non-hydrogen) atoms. The van der Waals surface area contributed by atoms with Crippen LogP contribution in [0.5, 0.6) is 0 Å². The maximum Gasteiger partial charge on any atom is 0.416 e. The number of rotatable bonds is 2. The SMILES string of the molecule is O=c1[nH]cnc2c1=NCCC(c1ccccc1Cl)C=2c1ccc(C(F)(F)F)cc1. The molecule has 148 valence electrons. The first-order valence-electron chi connectivity index (χ1n) is 8.90. The average Bonchev–Trinajstić information content (AvgIpc) is 2.88. The molecular weight excluding hydrogens is 403 g/mol. The molecule has 1 aromatic heterocycles. The van der Waals surface area contributed by atoms with Gasteiger partial charge in [-0.25, -0.2) is 4.98 Å². The minimum Gasteiger partial charge on any atom is -0.311 e. The number of nitrogens with one attached hydrogen (secondary N) is 1. The minimum absolute atomic E-state index is 0.178. The minimum atomic E-state index is -4.43. The van der Waals surface area contributed by atoms with Crippen molar-refractivity contribution < 1.29 is 13.2 Å². The van der Waals surface area contributed by atoms with Crippen LogP contribution < -0.4 is 16.3 Å². The van der Waals surface area contributed by atoms with Crippen molar-refractivity contribution in [2.75, 3.05) is 6.54 Å². The van der Waals surface area contributed by atoms with E-state index in [0.29, 0.717) is 34.5 Å². The summed E-state index contributed by atoms with van der Waals surface area (Å²) in [5.41, 5.74) is 0.857. The van der Waals surface area contributed by atoms with Gasteiger partial charge >= 0.3 is 6.18 Å². The number of fused-ring (bicyclic) bond motifs is 1. The molecule has 4 nitrogen and oxygen atoms in total. The topological polar surface area (TPSA) is 58.1 Å². The highest BCUT2D eigenvalue weighted by Crippen LogP contribution is 2.38. The first-order valence-corrected chi connectivity index (χ1v) is 9.28. The van der Waals surface area contributed by atoms with E-state index in [1.807, 2.05) is 18.2 Å². The Morgan fingerprint density at radius 3 is 2.48 bits per heavy atom. The van der Waals surface area contributed by atoms with Gasteiger partial charge in [-0.05, 0) is 41.3 Å². The lowest BCUT2D eigenvalue weighted by molar-refractivity contribution is -0.137. The Morgan fingerprint density at radius 2 is 1.79 bits per heavy atom. The van der Waals surface area contributed by atoms with E-state index < -0.39 is 11.7 Å². The molecule has 8 heteroatoms. The zero-order valence-corrected chi connectivity index (χ0v) is 15.8. The van der Waals surface area contributed by atoms with Crippen molar-refractivity contribution in [1.82, 2.24) is 9.97 Å². The Labute approximate surface area is 168 Å². The lowest BCUT2D eigenvalue weighted by atomic mass is 9.84. The van der Waals surface area contributed by atoms with Gasteiger partial charge in [-0.2, -0.15) is 13.2 Å².